The van der Waals surface area contributed by atoms with Crippen LogP contribution in [0.1, 0.15) is 6.92 Å². The van der Waals surface area contributed by atoms with Crippen molar-refractivity contribution in [3.63, 3.8) is 0 Å². The summed E-state index contributed by atoms with van der Waals surface area (Å²) in [5, 5.41) is 0. The lowest BCUT2D eigenvalue weighted by Gasteiger charge is -2.02. The van der Waals surface area contributed by atoms with Crippen LogP contribution in [0.5, 0.6) is 0 Å². The fourth-order valence-corrected chi connectivity index (χ4v) is 0.572. The first-order valence-electron chi connectivity index (χ1n) is 3.45. The molecule has 1 atom stereocenters. The van der Waals surface area contributed by atoms with Crippen molar-refractivity contribution >= 4 is 6.21 Å². The highest BCUT2D eigenvalue weighted by molar-refractivity contribution is 5.71. The Morgan fingerprint density at radius 3 is 2.45 bits per heavy atom. The van der Waals surface area contributed by atoms with Crippen molar-refractivity contribution in [2.75, 3.05) is 0 Å². The highest BCUT2D eigenvalue weighted by atomic mass is 14.8. The maximum Gasteiger partial charge on any atom is 0.0567 e. The van der Waals surface area contributed by atoms with Crippen molar-refractivity contribution in [2.45, 2.75) is 13.0 Å². The molecule has 0 unspecified atom stereocenters. The monoisotopic (exact) mass is 150 g/mol. The second-order valence-corrected chi connectivity index (χ2v) is 2.13. The van der Waals surface area contributed by atoms with E-state index in [4.69, 9.17) is 5.73 Å². The molecular weight excluding hydrogens is 136 g/mol. The summed E-state index contributed by atoms with van der Waals surface area (Å²) in [6.45, 7) is 8.94. The van der Waals surface area contributed by atoms with Crippen LogP contribution in [-0.4, -0.2) is 12.3 Å². The number of allylic oxidation sites excluding steroid dienone is 3. The number of rotatable bonds is 4. The molecule has 0 saturated carbocycles. The standard InChI is InChI=1S/C9H14N2/c1-4-6-9(8(3)10)11-7-5-2/h4-8H,1-2,10H2,3H3/b9-6-,11-7?/t8-/m1/s1. The molecule has 0 bridgehead atoms. The Morgan fingerprint density at radius 1 is 1.45 bits per heavy atom. The summed E-state index contributed by atoms with van der Waals surface area (Å²) in [5.74, 6) is 0. The fraction of sp³-hybridized carbons (Fsp3) is 0.222. The molecule has 0 aromatic rings. The predicted molar refractivity (Wildman–Crippen MR) is 50.6 cm³/mol. The van der Waals surface area contributed by atoms with Crippen LogP contribution in [0, 0.1) is 0 Å². The number of aliphatic imine (C=N–C) groups is 1. The molecule has 0 aromatic carbocycles. The molecule has 11 heavy (non-hydrogen) atoms. The molecule has 0 rings (SSSR count). The first-order valence-corrected chi connectivity index (χ1v) is 3.45. The summed E-state index contributed by atoms with van der Waals surface area (Å²) in [7, 11) is 0. The highest BCUT2D eigenvalue weighted by Gasteiger charge is 1.97. The normalized spacial score (nSPS) is 14.9. The van der Waals surface area contributed by atoms with Gasteiger partial charge in [0.15, 0.2) is 0 Å². The van der Waals surface area contributed by atoms with Gasteiger partial charge in [-0.25, -0.2) is 0 Å². The number of nitrogens with two attached hydrogens (primary N) is 1. The zero-order valence-corrected chi connectivity index (χ0v) is 6.83. The molecule has 2 nitrogen and oxygen atoms in total. The van der Waals surface area contributed by atoms with Crippen molar-refractivity contribution in [3.8, 4) is 0 Å². The SMILES string of the molecule is C=CC=N/C(=C\C=C)[C@@H](C)N. The fourth-order valence-electron chi connectivity index (χ4n) is 0.572. The minimum Gasteiger partial charge on any atom is -0.323 e. The molecular formula is C9H14N2. The lowest BCUT2D eigenvalue weighted by atomic mass is 10.2. The molecule has 0 aliphatic rings. The molecule has 0 heterocycles. The highest BCUT2D eigenvalue weighted by Crippen LogP contribution is 2.00. The molecule has 0 fully saturated rings. The van der Waals surface area contributed by atoms with Gasteiger partial charge in [0.25, 0.3) is 0 Å². The molecule has 0 amide bonds. The Kier molecular flexibility index (Phi) is 5.03. The van der Waals surface area contributed by atoms with Crippen molar-refractivity contribution in [3.05, 3.63) is 37.1 Å². The van der Waals surface area contributed by atoms with Crippen LogP contribution in [0.4, 0.5) is 0 Å². The van der Waals surface area contributed by atoms with E-state index in [-0.39, 0.29) is 6.04 Å². The third-order valence-corrected chi connectivity index (χ3v) is 1.08. The lowest BCUT2D eigenvalue weighted by Crippen LogP contribution is -2.16. The summed E-state index contributed by atoms with van der Waals surface area (Å²) in [4.78, 5) is 4.05. The topological polar surface area (TPSA) is 38.4 Å². The molecule has 0 aliphatic heterocycles. The Morgan fingerprint density at radius 2 is 2.09 bits per heavy atom. The first kappa shape index (κ1) is 9.85. The predicted octanol–water partition coefficient (Wildman–Crippen LogP) is 1.66. The van der Waals surface area contributed by atoms with E-state index in [0.29, 0.717) is 0 Å². The summed E-state index contributed by atoms with van der Waals surface area (Å²) < 4.78 is 0. The van der Waals surface area contributed by atoms with E-state index in [9.17, 15) is 0 Å². The van der Waals surface area contributed by atoms with Crippen LogP contribution in [0.15, 0.2) is 42.1 Å². The molecule has 0 aliphatic carbocycles. The van der Waals surface area contributed by atoms with Crippen LogP contribution in [0.3, 0.4) is 0 Å². The van der Waals surface area contributed by atoms with Crippen LogP contribution >= 0.6 is 0 Å². The molecule has 0 saturated heterocycles. The summed E-state index contributed by atoms with van der Waals surface area (Å²) in [6, 6.07) is -0.0656. The van der Waals surface area contributed by atoms with Gasteiger partial charge in [0.1, 0.15) is 0 Å². The van der Waals surface area contributed by atoms with Crippen LogP contribution in [0.2, 0.25) is 0 Å². The summed E-state index contributed by atoms with van der Waals surface area (Å²) in [5.41, 5.74) is 6.40. The minimum absolute atomic E-state index is 0.0656. The van der Waals surface area contributed by atoms with Crippen molar-refractivity contribution in [2.24, 2.45) is 10.7 Å². The third-order valence-electron chi connectivity index (χ3n) is 1.08. The van der Waals surface area contributed by atoms with Crippen molar-refractivity contribution in [1.29, 1.82) is 0 Å². The Balaban J connectivity index is 4.34. The van der Waals surface area contributed by atoms with Crippen LogP contribution in [0.25, 0.3) is 0 Å². The maximum atomic E-state index is 5.60. The van der Waals surface area contributed by atoms with Gasteiger partial charge in [-0.2, -0.15) is 0 Å². The summed E-state index contributed by atoms with van der Waals surface area (Å²) >= 11 is 0. The second-order valence-electron chi connectivity index (χ2n) is 2.13. The summed E-state index contributed by atoms with van der Waals surface area (Å²) in [6.07, 6.45) is 6.67. The van der Waals surface area contributed by atoms with Crippen molar-refractivity contribution < 1.29 is 0 Å². The zero-order chi connectivity index (χ0) is 8.69. The van der Waals surface area contributed by atoms with Crippen LogP contribution < -0.4 is 5.73 Å². The van der Waals surface area contributed by atoms with Gasteiger partial charge in [-0.3, -0.25) is 4.99 Å². The van der Waals surface area contributed by atoms with Crippen LogP contribution in [-0.2, 0) is 0 Å². The molecule has 60 valence electrons. The molecule has 0 radical (unpaired) electrons. The Labute approximate surface area is 67.8 Å². The van der Waals surface area contributed by atoms with E-state index in [1.807, 2.05) is 6.92 Å². The number of hydrogen-bond acceptors (Lipinski definition) is 2. The van der Waals surface area contributed by atoms with E-state index in [1.165, 1.54) is 0 Å². The molecule has 2 heteroatoms. The van der Waals surface area contributed by atoms with Gasteiger partial charge in [-0.05, 0) is 13.0 Å². The van der Waals surface area contributed by atoms with Gasteiger partial charge >= 0.3 is 0 Å². The number of nitrogens with zero attached hydrogens (tertiary/aromatic N) is 1. The zero-order valence-electron chi connectivity index (χ0n) is 6.83. The van der Waals surface area contributed by atoms with Crippen molar-refractivity contribution in [1.82, 2.24) is 0 Å². The van der Waals surface area contributed by atoms with E-state index in [0.717, 1.165) is 5.70 Å². The van der Waals surface area contributed by atoms with Gasteiger partial charge in [-0.1, -0.05) is 25.3 Å². The second kappa shape index (κ2) is 5.62. The smallest absolute Gasteiger partial charge is 0.0567 e. The molecule has 2 N–H and O–H groups in total. The van der Waals surface area contributed by atoms with Gasteiger partial charge in [0, 0.05) is 12.3 Å². The Bertz CT molecular complexity index is 188. The first-order chi connectivity index (χ1) is 5.22. The van der Waals surface area contributed by atoms with E-state index in [1.54, 1.807) is 24.4 Å². The van der Waals surface area contributed by atoms with E-state index < -0.39 is 0 Å². The maximum absolute atomic E-state index is 5.60. The average molecular weight is 150 g/mol. The van der Waals surface area contributed by atoms with Gasteiger partial charge in [0.2, 0.25) is 0 Å². The van der Waals surface area contributed by atoms with E-state index >= 15 is 0 Å². The third kappa shape index (κ3) is 4.28. The quantitative estimate of drug-likeness (QED) is 0.480. The number of hydrogen-bond donors (Lipinski definition) is 1. The average Bonchev–Trinajstić information content (AvgIpc) is 1.97. The van der Waals surface area contributed by atoms with Gasteiger partial charge in [-0.15, -0.1) is 0 Å². The largest absolute Gasteiger partial charge is 0.323 e. The molecule has 0 spiro atoms. The van der Waals surface area contributed by atoms with Gasteiger partial charge < -0.3 is 5.73 Å². The molecule has 0 aromatic heterocycles. The minimum atomic E-state index is -0.0656. The van der Waals surface area contributed by atoms with Gasteiger partial charge in [0.05, 0.1) is 5.70 Å². The van der Waals surface area contributed by atoms with E-state index in [2.05, 4.69) is 18.2 Å². The lowest BCUT2D eigenvalue weighted by molar-refractivity contribution is 0.849. The Hall–Kier alpha value is -1.15.